The molecule has 0 fully saturated rings. The van der Waals surface area contributed by atoms with Gasteiger partial charge in [-0.1, -0.05) is 0 Å². The molecule has 0 saturated heterocycles. The Bertz CT molecular complexity index is 1150. The van der Waals surface area contributed by atoms with Crippen LogP contribution in [0.5, 0.6) is 0 Å². The number of aromatic nitrogens is 7. The average molecular weight is 443 g/mol. The molecule has 0 saturated carbocycles. The maximum Gasteiger partial charge on any atom is 0.446 e. The van der Waals surface area contributed by atoms with Crippen LogP contribution in [0.2, 0.25) is 0 Å². The van der Waals surface area contributed by atoms with Crippen molar-refractivity contribution in [3.05, 3.63) is 40.5 Å². The number of nitrogens with zero attached hydrogens (tertiary/aromatic N) is 10. The third kappa shape index (κ3) is 3.83. The largest absolute Gasteiger partial charge is 0.459 e. The number of hydrogen-bond acceptors (Lipinski definition) is 15. The first kappa shape index (κ1) is 21.7. The molecule has 9 N–H and O–H groups in total. The van der Waals surface area contributed by atoms with E-state index >= 15 is 0 Å². The van der Waals surface area contributed by atoms with E-state index in [-0.39, 0.29) is 16.6 Å². The molecule has 0 radical (unpaired) electrons. The fourth-order valence-electron chi connectivity index (χ4n) is 1.95. The van der Waals surface area contributed by atoms with Crippen molar-refractivity contribution in [3.8, 4) is 5.69 Å². The molecular formula is C8H9N15O8. The quantitative estimate of drug-likeness (QED) is 0.113. The van der Waals surface area contributed by atoms with Crippen molar-refractivity contribution < 1.29 is 24.4 Å². The molecule has 0 spiro atoms. The van der Waals surface area contributed by atoms with Crippen molar-refractivity contribution in [1.29, 1.82) is 0 Å². The highest BCUT2D eigenvalue weighted by Crippen LogP contribution is 2.38. The molecule has 23 nitrogen and oxygen atoms in total. The summed E-state index contributed by atoms with van der Waals surface area (Å²) in [4.78, 5) is 38.6. The predicted octanol–water partition coefficient (Wildman–Crippen LogP) is -2.99. The lowest BCUT2D eigenvalue weighted by Gasteiger charge is -1.99. The first-order chi connectivity index (χ1) is 14.4. The van der Waals surface area contributed by atoms with Gasteiger partial charge in [-0.25, -0.2) is 0 Å². The zero-order valence-electron chi connectivity index (χ0n) is 14.5. The fraction of sp³-hybridized carbons (Fsp3) is 0. The van der Waals surface area contributed by atoms with Gasteiger partial charge in [-0.15, -0.1) is 9.77 Å². The zero-order chi connectivity index (χ0) is 23.6. The Hall–Kier alpha value is -5.64. The van der Waals surface area contributed by atoms with E-state index in [1.165, 1.54) is 0 Å². The van der Waals surface area contributed by atoms with Gasteiger partial charge in [-0.2, -0.15) is 4.92 Å². The number of aromatic amines is 1. The highest BCUT2D eigenvalue weighted by Gasteiger charge is 2.44. The molecule has 3 aromatic heterocycles. The van der Waals surface area contributed by atoms with Crippen LogP contribution in [-0.4, -0.2) is 44.8 Å². The van der Waals surface area contributed by atoms with E-state index in [0.29, 0.717) is 0 Å². The van der Waals surface area contributed by atoms with Gasteiger partial charge in [-0.05, 0) is 25.0 Å². The van der Waals surface area contributed by atoms with Crippen molar-refractivity contribution in [1.82, 2.24) is 30.2 Å². The lowest BCUT2D eigenvalue weighted by Crippen LogP contribution is -2.47. The Balaban J connectivity index is 0.000000357. The second-order valence-electron chi connectivity index (χ2n) is 5.03. The summed E-state index contributed by atoms with van der Waals surface area (Å²) < 4.78 is 1.05. The van der Waals surface area contributed by atoms with E-state index < -0.39 is 54.3 Å². The van der Waals surface area contributed by atoms with Gasteiger partial charge in [0, 0.05) is 4.68 Å². The standard InChI is InChI=1S/C6H2N9O8.C2H6N6/c7-1-3(12(16)17)10-11(6(1)15(22)23)2-4(13(18)19)8-9-5(2)14(20)21;3-1-6-7-2(4)8(1)5/h7H2;5H2,(H4,3,4,6,7)/q-1;/p+1. The second-order valence-corrected chi connectivity index (χ2v) is 5.03. The molecule has 0 atom stereocenters. The monoisotopic (exact) mass is 443 g/mol. The summed E-state index contributed by atoms with van der Waals surface area (Å²) in [6.07, 6.45) is 0. The lowest BCUT2D eigenvalue weighted by atomic mass is 10.4. The average Bonchev–Trinajstić information content (AvgIpc) is 3.33. The molecule has 0 aromatic carbocycles. The molecule has 0 unspecified atom stereocenters. The molecular weight excluding hydrogens is 434 g/mol. The van der Waals surface area contributed by atoms with Crippen LogP contribution in [0.25, 0.3) is 5.69 Å². The number of nitrogens with two attached hydrogens (primary N) is 4. The van der Waals surface area contributed by atoms with Gasteiger partial charge in [0.1, 0.15) is 0 Å². The molecule has 0 aliphatic rings. The molecule has 3 heterocycles. The van der Waals surface area contributed by atoms with E-state index in [1.54, 1.807) is 0 Å². The van der Waals surface area contributed by atoms with Crippen molar-refractivity contribution in [2.24, 2.45) is 0 Å². The second kappa shape index (κ2) is 7.77. The van der Waals surface area contributed by atoms with Gasteiger partial charge >= 0.3 is 35.0 Å². The summed E-state index contributed by atoms with van der Waals surface area (Å²) >= 11 is 0. The van der Waals surface area contributed by atoms with Crippen molar-refractivity contribution >= 4 is 40.9 Å². The van der Waals surface area contributed by atoms with Gasteiger partial charge in [0.2, 0.25) is 5.69 Å². The maximum absolute atomic E-state index is 11.0. The van der Waals surface area contributed by atoms with Crippen molar-refractivity contribution in [2.75, 3.05) is 23.0 Å². The number of nitro groups is 4. The molecule has 3 aromatic rings. The maximum atomic E-state index is 11.0. The van der Waals surface area contributed by atoms with E-state index in [4.69, 9.17) is 23.0 Å². The number of hydrogen-bond donors (Lipinski definition) is 5. The molecule has 164 valence electrons. The van der Waals surface area contributed by atoms with Crippen LogP contribution in [0, 0.1) is 40.5 Å². The molecule has 0 aliphatic carbocycles. The highest BCUT2D eigenvalue weighted by molar-refractivity contribution is 5.71. The van der Waals surface area contributed by atoms with Gasteiger partial charge in [0.15, 0.2) is 5.10 Å². The minimum Gasteiger partial charge on any atom is -0.459 e. The van der Waals surface area contributed by atoms with Crippen LogP contribution in [0.1, 0.15) is 0 Å². The first-order valence-electron chi connectivity index (χ1n) is 7.14. The first-order valence-corrected chi connectivity index (χ1v) is 7.14. The smallest absolute Gasteiger partial charge is 0.446 e. The van der Waals surface area contributed by atoms with Crippen molar-refractivity contribution in [2.45, 2.75) is 0 Å². The Morgan fingerprint density at radius 2 is 1.52 bits per heavy atom. The van der Waals surface area contributed by atoms with E-state index in [9.17, 15) is 40.5 Å². The molecule has 0 aliphatic heterocycles. The third-order valence-corrected chi connectivity index (χ3v) is 3.24. The highest BCUT2D eigenvalue weighted by atomic mass is 16.6. The number of nitrogens with one attached hydrogen (secondary N) is 1. The van der Waals surface area contributed by atoms with E-state index in [2.05, 4.69) is 25.5 Å². The Morgan fingerprint density at radius 1 is 0.935 bits per heavy atom. The Morgan fingerprint density at radius 3 is 1.87 bits per heavy atom. The fourth-order valence-corrected chi connectivity index (χ4v) is 1.95. The summed E-state index contributed by atoms with van der Waals surface area (Å²) in [6.45, 7) is 0. The van der Waals surface area contributed by atoms with Gasteiger partial charge in [0.25, 0.3) is 5.82 Å². The van der Waals surface area contributed by atoms with E-state index in [1.807, 2.05) is 0 Å². The summed E-state index contributed by atoms with van der Waals surface area (Å²) in [5, 5.41) is 58.2. The lowest BCUT2D eigenvalue weighted by molar-refractivity contribution is -0.608. The van der Waals surface area contributed by atoms with Crippen LogP contribution in [0.15, 0.2) is 0 Å². The molecule has 0 bridgehead atoms. The van der Waals surface area contributed by atoms with Crippen LogP contribution in [0.3, 0.4) is 0 Å². The summed E-state index contributed by atoms with van der Waals surface area (Å²) in [7, 11) is 0. The third-order valence-electron chi connectivity index (χ3n) is 3.24. The Labute approximate surface area is 165 Å². The Kier molecular flexibility index (Phi) is 5.43. The van der Waals surface area contributed by atoms with Crippen LogP contribution in [0.4, 0.5) is 40.9 Å². The number of H-pyrrole nitrogens is 1. The van der Waals surface area contributed by atoms with Crippen LogP contribution >= 0.6 is 0 Å². The van der Waals surface area contributed by atoms with Crippen LogP contribution < -0.4 is 32.8 Å². The normalized spacial score (nSPS) is 10.2. The van der Waals surface area contributed by atoms with Crippen molar-refractivity contribution in [3.63, 3.8) is 0 Å². The number of anilines is 3. The molecule has 23 heteroatoms. The predicted molar refractivity (Wildman–Crippen MR) is 93.5 cm³/mol. The van der Waals surface area contributed by atoms with Gasteiger partial charge in [-0.3, -0.25) is 0 Å². The summed E-state index contributed by atoms with van der Waals surface area (Å²) in [5.41, 5.74) is 13.4. The minimum absolute atomic E-state index is 0.0102. The van der Waals surface area contributed by atoms with Gasteiger partial charge in [0.05, 0.1) is 5.10 Å². The molecule has 0 amide bonds. The van der Waals surface area contributed by atoms with Crippen LogP contribution in [-0.2, 0) is 0 Å². The minimum atomic E-state index is -1.27. The van der Waals surface area contributed by atoms with Gasteiger partial charge < -0.3 is 63.5 Å². The number of rotatable bonds is 5. The molecule has 3 rings (SSSR count). The number of nitrogen functional groups attached to an aromatic ring is 4. The van der Waals surface area contributed by atoms with E-state index in [0.717, 1.165) is 4.68 Å². The SMILES string of the molecule is Nc1c([N+](=O)[O-])nn(-c2c([N+](=O)[O-])n[n-]c2[N+](=O)[O-])c1[N+](=O)[O-].Nc1n[nH]c(N)[n+]1N. The summed E-state index contributed by atoms with van der Waals surface area (Å²) in [5.74, 6) is 0.604. The summed E-state index contributed by atoms with van der Waals surface area (Å²) in [6, 6.07) is 0. The zero-order valence-corrected chi connectivity index (χ0v) is 14.5. The topological polar surface area (TPSA) is 354 Å². The molecule has 31 heavy (non-hydrogen) atoms.